The smallest absolute Gasteiger partial charge is 0.224 e. The first-order valence-corrected chi connectivity index (χ1v) is 6.14. The van der Waals surface area contributed by atoms with Crippen molar-refractivity contribution in [3.05, 3.63) is 34.3 Å². The fourth-order valence-electron chi connectivity index (χ4n) is 1.32. The second kappa shape index (κ2) is 6.66. The van der Waals surface area contributed by atoms with Crippen LogP contribution < -0.4 is 11.1 Å². The van der Waals surface area contributed by atoms with Crippen LogP contribution in [0.5, 0.6) is 0 Å². The molecule has 3 N–H and O–H groups in total. The van der Waals surface area contributed by atoms with Crippen molar-refractivity contribution in [2.45, 2.75) is 25.8 Å². The highest BCUT2D eigenvalue weighted by atomic mass is 79.9. The lowest BCUT2D eigenvalue weighted by atomic mass is 10.1. The van der Waals surface area contributed by atoms with Gasteiger partial charge in [-0.15, -0.1) is 0 Å². The minimum absolute atomic E-state index is 0.0348. The minimum atomic E-state index is 0.0348. The van der Waals surface area contributed by atoms with Crippen LogP contribution in [0.1, 0.15) is 18.9 Å². The van der Waals surface area contributed by atoms with Crippen molar-refractivity contribution in [2.24, 2.45) is 5.73 Å². The molecule has 0 aliphatic heterocycles. The molecule has 0 spiro atoms. The van der Waals surface area contributed by atoms with Gasteiger partial charge < -0.3 is 11.1 Å². The van der Waals surface area contributed by atoms with E-state index in [0.717, 1.165) is 16.5 Å². The summed E-state index contributed by atoms with van der Waals surface area (Å²) < 4.78 is 0.970. The van der Waals surface area contributed by atoms with E-state index >= 15 is 0 Å². The molecule has 0 saturated heterocycles. The summed E-state index contributed by atoms with van der Waals surface area (Å²) in [5.74, 6) is 0.0348. The quantitative estimate of drug-likeness (QED) is 0.867. The van der Waals surface area contributed by atoms with Gasteiger partial charge in [0.1, 0.15) is 0 Å². The molecule has 3 nitrogen and oxygen atoms in total. The molecule has 0 bridgehead atoms. The second-order valence-corrected chi connectivity index (χ2v) is 4.74. The number of halogens is 1. The number of nitrogens with two attached hydrogens (primary N) is 1. The van der Waals surface area contributed by atoms with Crippen LogP contribution in [0.2, 0.25) is 0 Å². The molecule has 1 aromatic carbocycles. The number of benzene rings is 1. The molecule has 0 aliphatic carbocycles. The highest BCUT2D eigenvalue weighted by Gasteiger charge is 2.05. The van der Waals surface area contributed by atoms with Crippen molar-refractivity contribution in [1.29, 1.82) is 0 Å². The monoisotopic (exact) mass is 284 g/mol. The largest absolute Gasteiger partial charge is 0.356 e. The fourth-order valence-corrected chi connectivity index (χ4v) is 1.74. The fraction of sp³-hybridized carbons (Fsp3) is 0.417. The number of nitrogens with one attached hydrogen (secondary N) is 1. The van der Waals surface area contributed by atoms with Gasteiger partial charge in [0.15, 0.2) is 0 Å². The highest BCUT2D eigenvalue weighted by Crippen LogP contribution is 2.15. The molecular weight excluding hydrogens is 268 g/mol. The Bertz CT molecular complexity index is 353. The first kappa shape index (κ1) is 13.2. The SMILES string of the molecule is CC(N)CCNC(=O)Cc1ccccc1Br. The summed E-state index contributed by atoms with van der Waals surface area (Å²) in [5, 5.41) is 2.85. The predicted molar refractivity (Wildman–Crippen MR) is 69.1 cm³/mol. The maximum atomic E-state index is 11.6. The highest BCUT2D eigenvalue weighted by molar-refractivity contribution is 9.10. The third-order valence-electron chi connectivity index (χ3n) is 2.23. The van der Waals surface area contributed by atoms with Crippen molar-refractivity contribution in [2.75, 3.05) is 6.54 Å². The molecule has 1 unspecified atom stereocenters. The van der Waals surface area contributed by atoms with Crippen molar-refractivity contribution in [1.82, 2.24) is 5.32 Å². The average Bonchev–Trinajstić information content (AvgIpc) is 2.21. The van der Waals surface area contributed by atoms with E-state index in [1.54, 1.807) is 0 Å². The van der Waals surface area contributed by atoms with E-state index in [4.69, 9.17) is 5.73 Å². The zero-order valence-electron chi connectivity index (χ0n) is 9.37. The van der Waals surface area contributed by atoms with Crippen LogP contribution in [-0.2, 0) is 11.2 Å². The number of hydrogen-bond acceptors (Lipinski definition) is 2. The standard InChI is InChI=1S/C12H17BrN2O/c1-9(14)6-7-15-12(16)8-10-4-2-3-5-11(10)13/h2-5,9H,6-8,14H2,1H3,(H,15,16). The van der Waals surface area contributed by atoms with Crippen LogP contribution in [0.4, 0.5) is 0 Å². The molecule has 16 heavy (non-hydrogen) atoms. The Labute approximate surface area is 105 Å². The molecular formula is C12H17BrN2O. The molecule has 0 fully saturated rings. The maximum Gasteiger partial charge on any atom is 0.224 e. The summed E-state index contributed by atoms with van der Waals surface area (Å²) in [6, 6.07) is 7.86. The third kappa shape index (κ3) is 4.77. The van der Waals surface area contributed by atoms with Gasteiger partial charge >= 0.3 is 0 Å². The van der Waals surface area contributed by atoms with Crippen LogP contribution in [-0.4, -0.2) is 18.5 Å². The minimum Gasteiger partial charge on any atom is -0.356 e. The van der Waals surface area contributed by atoms with E-state index in [9.17, 15) is 4.79 Å². The number of carbonyl (C=O) groups excluding carboxylic acids is 1. The van der Waals surface area contributed by atoms with Gasteiger partial charge in [-0.2, -0.15) is 0 Å². The van der Waals surface area contributed by atoms with Gasteiger partial charge in [-0.05, 0) is 25.0 Å². The van der Waals surface area contributed by atoms with Crippen LogP contribution in [0.15, 0.2) is 28.7 Å². The zero-order valence-corrected chi connectivity index (χ0v) is 11.0. The molecule has 88 valence electrons. The summed E-state index contributed by atoms with van der Waals surface area (Å²) in [5.41, 5.74) is 6.60. The number of rotatable bonds is 5. The number of carbonyl (C=O) groups is 1. The lowest BCUT2D eigenvalue weighted by Gasteiger charge is -2.08. The van der Waals surface area contributed by atoms with E-state index in [0.29, 0.717) is 13.0 Å². The number of hydrogen-bond donors (Lipinski definition) is 2. The van der Waals surface area contributed by atoms with Crippen molar-refractivity contribution >= 4 is 21.8 Å². The second-order valence-electron chi connectivity index (χ2n) is 3.88. The summed E-state index contributed by atoms with van der Waals surface area (Å²) in [6.07, 6.45) is 1.21. The van der Waals surface area contributed by atoms with E-state index < -0.39 is 0 Å². The number of amides is 1. The van der Waals surface area contributed by atoms with Crippen LogP contribution in [0.25, 0.3) is 0 Å². The average molecular weight is 285 g/mol. The Kier molecular flexibility index (Phi) is 5.49. The topological polar surface area (TPSA) is 55.1 Å². The Morgan fingerprint density at radius 3 is 2.81 bits per heavy atom. The summed E-state index contributed by atoms with van der Waals surface area (Å²) >= 11 is 3.42. The molecule has 0 saturated carbocycles. The van der Waals surface area contributed by atoms with E-state index in [1.165, 1.54) is 0 Å². The summed E-state index contributed by atoms with van der Waals surface area (Å²) in [7, 11) is 0. The van der Waals surface area contributed by atoms with Gasteiger partial charge in [-0.3, -0.25) is 4.79 Å². The van der Waals surface area contributed by atoms with Gasteiger partial charge in [0, 0.05) is 17.1 Å². The molecule has 1 aromatic rings. The van der Waals surface area contributed by atoms with Crippen molar-refractivity contribution < 1.29 is 4.79 Å². The van der Waals surface area contributed by atoms with Gasteiger partial charge in [-0.25, -0.2) is 0 Å². The van der Waals surface area contributed by atoms with Crippen LogP contribution in [0, 0.1) is 0 Å². The molecule has 0 heterocycles. The Morgan fingerprint density at radius 1 is 1.50 bits per heavy atom. The lowest BCUT2D eigenvalue weighted by Crippen LogP contribution is -2.30. The Balaban J connectivity index is 2.37. The molecule has 0 aromatic heterocycles. The van der Waals surface area contributed by atoms with Crippen LogP contribution >= 0.6 is 15.9 Å². The zero-order chi connectivity index (χ0) is 12.0. The van der Waals surface area contributed by atoms with E-state index in [2.05, 4.69) is 21.2 Å². The molecule has 1 atom stereocenters. The van der Waals surface area contributed by atoms with E-state index in [1.807, 2.05) is 31.2 Å². The first-order valence-electron chi connectivity index (χ1n) is 5.35. The molecule has 1 amide bonds. The van der Waals surface area contributed by atoms with Gasteiger partial charge in [-0.1, -0.05) is 34.1 Å². The first-order chi connectivity index (χ1) is 7.59. The Hall–Kier alpha value is -0.870. The van der Waals surface area contributed by atoms with E-state index in [-0.39, 0.29) is 11.9 Å². The normalized spacial score (nSPS) is 12.2. The van der Waals surface area contributed by atoms with Gasteiger partial charge in [0.2, 0.25) is 5.91 Å². The molecule has 4 heteroatoms. The molecule has 0 aliphatic rings. The summed E-state index contributed by atoms with van der Waals surface area (Å²) in [6.45, 7) is 2.57. The van der Waals surface area contributed by atoms with Gasteiger partial charge in [0.05, 0.1) is 6.42 Å². The lowest BCUT2D eigenvalue weighted by molar-refractivity contribution is -0.120. The predicted octanol–water partition coefficient (Wildman–Crippen LogP) is 1.85. The van der Waals surface area contributed by atoms with Crippen LogP contribution in [0.3, 0.4) is 0 Å². The molecule has 1 rings (SSSR count). The molecule has 0 radical (unpaired) electrons. The van der Waals surface area contributed by atoms with Gasteiger partial charge in [0.25, 0.3) is 0 Å². The van der Waals surface area contributed by atoms with Crippen molar-refractivity contribution in [3.63, 3.8) is 0 Å². The van der Waals surface area contributed by atoms with Crippen molar-refractivity contribution in [3.8, 4) is 0 Å². The Morgan fingerprint density at radius 2 is 2.19 bits per heavy atom. The summed E-state index contributed by atoms with van der Waals surface area (Å²) in [4.78, 5) is 11.6. The maximum absolute atomic E-state index is 11.6. The third-order valence-corrected chi connectivity index (χ3v) is 3.00.